The third kappa shape index (κ3) is 6.42. The summed E-state index contributed by atoms with van der Waals surface area (Å²) >= 11 is 2.87. The van der Waals surface area contributed by atoms with Crippen molar-refractivity contribution in [3.05, 3.63) is 81.8 Å². The van der Waals surface area contributed by atoms with E-state index in [2.05, 4.69) is 15.5 Å². The second-order valence-corrected chi connectivity index (χ2v) is 11.2. The normalized spacial score (nSPS) is 14.4. The van der Waals surface area contributed by atoms with Crippen molar-refractivity contribution in [2.24, 2.45) is 12.1 Å². The lowest BCUT2D eigenvalue weighted by atomic mass is 10.0. The Morgan fingerprint density at radius 1 is 1.00 bits per heavy atom. The van der Waals surface area contributed by atoms with Crippen molar-refractivity contribution in [2.75, 3.05) is 27.1 Å². The average Bonchev–Trinajstić information content (AvgIpc) is 3.79. The summed E-state index contributed by atoms with van der Waals surface area (Å²) in [5.74, 6) is 2.00. The molecule has 2 amide bonds. The van der Waals surface area contributed by atoms with Crippen LogP contribution in [0.1, 0.15) is 39.1 Å². The first kappa shape index (κ1) is 29.1. The number of carbonyl (C=O) groups is 2. The van der Waals surface area contributed by atoms with Crippen LogP contribution in [-0.2, 0) is 18.4 Å². The fraction of sp³-hybridized carbons (Fsp3) is 0.276. The van der Waals surface area contributed by atoms with E-state index in [1.165, 1.54) is 26.0 Å². The molecule has 1 unspecified atom stereocenters. The van der Waals surface area contributed by atoms with E-state index in [4.69, 9.17) is 19.3 Å². The summed E-state index contributed by atoms with van der Waals surface area (Å²) in [6, 6.07) is 16.4. The first-order valence-electron chi connectivity index (χ1n) is 13.0. The number of benzene rings is 2. The van der Waals surface area contributed by atoms with E-state index in [1.54, 1.807) is 53.3 Å². The van der Waals surface area contributed by atoms with Gasteiger partial charge in [0.2, 0.25) is 0 Å². The Kier molecular flexibility index (Phi) is 9.08. The molecule has 11 nitrogen and oxygen atoms in total. The average molecular weight is 607 g/mol. The highest BCUT2D eigenvalue weighted by molar-refractivity contribution is 7.99. The lowest BCUT2D eigenvalue weighted by molar-refractivity contribution is -0.130. The molecule has 5 rings (SSSR count). The number of methoxy groups -OCH3 is 3. The van der Waals surface area contributed by atoms with Crippen molar-refractivity contribution in [3.8, 4) is 17.2 Å². The van der Waals surface area contributed by atoms with Crippen molar-refractivity contribution in [3.63, 3.8) is 0 Å². The molecule has 0 fully saturated rings. The zero-order valence-electron chi connectivity index (χ0n) is 23.6. The van der Waals surface area contributed by atoms with Crippen LogP contribution in [-0.4, -0.2) is 64.4 Å². The predicted octanol–water partition coefficient (Wildman–Crippen LogP) is 4.30. The molecular formula is C29H30N6O5S2. The van der Waals surface area contributed by atoms with Crippen LogP contribution < -0.4 is 19.5 Å². The number of nitrogens with one attached hydrogen (secondary N) is 1. The van der Waals surface area contributed by atoms with Crippen LogP contribution in [0.4, 0.5) is 0 Å². The summed E-state index contributed by atoms with van der Waals surface area (Å²) < 4.78 is 17.6. The van der Waals surface area contributed by atoms with E-state index in [9.17, 15) is 9.59 Å². The number of aromatic nitrogens is 3. The maximum atomic E-state index is 13.5. The lowest BCUT2D eigenvalue weighted by Gasteiger charge is -2.22. The van der Waals surface area contributed by atoms with E-state index in [-0.39, 0.29) is 30.2 Å². The number of hydrogen-bond acceptors (Lipinski definition) is 10. The van der Waals surface area contributed by atoms with Gasteiger partial charge in [0.05, 0.1) is 50.3 Å². The maximum absolute atomic E-state index is 13.5. The molecule has 218 valence electrons. The molecule has 0 radical (unpaired) electrons. The summed E-state index contributed by atoms with van der Waals surface area (Å²) in [6.45, 7) is 0.149. The summed E-state index contributed by atoms with van der Waals surface area (Å²) in [5.41, 5.74) is 2.26. The fourth-order valence-electron chi connectivity index (χ4n) is 4.43. The molecule has 1 atom stereocenters. The molecule has 0 bridgehead atoms. The van der Waals surface area contributed by atoms with Gasteiger partial charge in [0.25, 0.3) is 11.8 Å². The summed E-state index contributed by atoms with van der Waals surface area (Å²) in [7, 11) is 6.47. The minimum atomic E-state index is -0.308. The standard InChI is InChI=1S/C29H30N6O5S2/c1-34-26(16-30-28(37)19-12-21(39-3)14-22(13-19)40-4)31-32-29(34)42-17-27(36)35-24(18-7-9-20(38-2)10-8-18)15-23(33-35)25-6-5-11-41-25/h5-14,24H,15-17H2,1-4H3,(H,30,37). The van der Waals surface area contributed by atoms with Crippen LogP contribution >= 0.6 is 23.1 Å². The largest absolute Gasteiger partial charge is 0.497 e. The van der Waals surface area contributed by atoms with Gasteiger partial charge in [0.1, 0.15) is 17.2 Å². The number of thioether (sulfide) groups is 1. The van der Waals surface area contributed by atoms with E-state index < -0.39 is 0 Å². The Morgan fingerprint density at radius 3 is 2.36 bits per heavy atom. The van der Waals surface area contributed by atoms with Gasteiger partial charge in [-0.3, -0.25) is 9.59 Å². The van der Waals surface area contributed by atoms with Gasteiger partial charge < -0.3 is 24.1 Å². The number of thiophene rings is 1. The lowest BCUT2D eigenvalue weighted by Crippen LogP contribution is -2.28. The van der Waals surface area contributed by atoms with E-state index in [0.717, 1.165) is 21.9 Å². The monoisotopic (exact) mass is 606 g/mol. The molecule has 1 aliphatic heterocycles. The van der Waals surface area contributed by atoms with Crippen molar-refractivity contribution in [2.45, 2.75) is 24.2 Å². The second kappa shape index (κ2) is 13.1. The van der Waals surface area contributed by atoms with E-state index in [1.807, 2.05) is 41.8 Å². The molecular weight excluding hydrogens is 576 g/mol. The Labute approximate surface area is 251 Å². The summed E-state index contributed by atoms with van der Waals surface area (Å²) in [5, 5.41) is 20.2. The molecule has 13 heteroatoms. The molecule has 0 saturated heterocycles. The number of hydrogen-bond donors (Lipinski definition) is 1. The van der Waals surface area contributed by atoms with E-state index in [0.29, 0.717) is 34.5 Å². The van der Waals surface area contributed by atoms with Gasteiger partial charge in [-0.25, -0.2) is 5.01 Å². The quantitative estimate of drug-likeness (QED) is 0.251. The SMILES string of the molecule is COc1ccc(C2CC(c3cccs3)=NN2C(=O)CSc2nnc(CNC(=O)c3cc(OC)cc(OC)c3)n2C)cc1. The number of hydrazone groups is 1. The number of rotatable bonds is 11. The van der Waals surface area contributed by atoms with E-state index >= 15 is 0 Å². The number of ether oxygens (including phenoxy) is 3. The number of amides is 2. The first-order valence-corrected chi connectivity index (χ1v) is 14.9. The fourth-order valence-corrected chi connectivity index (χ4v) is 5.94. The highest BCUT2D eigenvalue weighted by Crippen LogP contribution is 2.35. The van der Waals surface area contributed by atoms with Crippen molar-refractivity contribution in [1.29, 1.82) is 0 Å². The summed E-state index contributed by atoms with van der Waals surface area (Å²) in [4.78, 5) is 27.3. The van der Waals surface area contributed by atoms with Crippen LogP contribution in [0.3, 0.4) is 0 Å². The minimum Gasteiger partial charge on any atom is -0.497 e. The van der Waals surface area contributed by atoms with Gasteiger partial charge in [0.15, 0.2) is 11.0 Å². The smallest absolute Gasteiger partial charge is 0.253 e. The van der Waals surface area contributed by atoms with Crippen LogP contribution in [0.2, 0.25) is 0 Å². The predicted molar refractivity (Wildman–Crippen MR) is 160 cm³/mol. The van der Waals surface area contributed by atoms with Crippen LogP contribution in [0.15, 0.2) is 70.2 Å². The third-order valence-corrected chi connectivity index (χ3v) is 8.67. The van der Waals surface area contributed by atoms with Gasteiger partial charge >= 0.3 is 0 Å². The van der Waals surface area contributed by atoms with Crippen molar-refractivity contribution in [1.82, 2.24) is 25.1 Å². The Bertz CT molecular complexity index is 1560. The summed E-state index contributed by atoms with van der Waals surface area (Å²) in [6.07, 6.45) is 0.621. The molecule has 0 saturated carbocycles. The molecule has 1 aliphatic rings. The maximum Gasteiger partial charge on any atom is 0.253 e. The first-order chi connectivity index (χ1) is 20.4. The van der Waals surface area contributed by atoms with Crippen LogP contribution in [0.25, 0.3) is 0 Å². The topological polar surface area (TPSA) is 120 Å². The Balaban J connectivity index is 1.24. The molecule has 3 heterocycles. The minimum absolute atomic E-state index is 0.121. The van der Waals surface area contributed by atoms with Gasteiger partial charge in [-0.15, -0.1) is 21.5 Å². The molecule has 1 N–H and O–H groups in total. The van der Waals surface area contributed by atoms with Gasteiger partial charge in [-0.2, -0.15) is 5.10 Å². The Hall–Kier alpha value is -4.36. The molecule has 2 aromatic heterocycles. The van der Waals surface area contributed by atoms with Gasteiger partial charge in [-0.05, 0) is 41.3 Å². The molecule has 4 aromatic rings. The zero-order chi connectivity index (χ0) is 29.6. The highest BCUT2D eigenvalue weighted by Gasteiger charge is 2.33. The number of nitrogens with zero attached hydrogens (tertiary/aromatic N) is 5. The van der Waals surface area contributed by atoms with Crippen LogP contribution in [0.5, 0.6) is 17.2 Å². The zero-order valence-corrected chi connectivity index (χ0v) is 25.2. The van der Waals surface area contributed by atoms with Gasteiger partial charge in [0, 0.05) is 25.1 Å². The molecule has 42 heavy (non-hydrogen) atoms. The Morgan fingerprint density at radius 2 is 1.71 bits per heavy atom. The van der Waals surface area contributed by atoms with Gasteiger partial charge in [-0.1, -0.05) is 30.0 Å². The second-order valence-electron chi connectivity index (χ2n) is 9.29. The number of carbonyl (C=O) groups excluding carboxylic acids is 2. The molecule has 0 spiro atoms. The molecule has 0 aliphatic carbocycles. The van der Waals surface area contributed by atoms with Crippen LogP contribution in [0, 0.1) is 0 Å². The van der Waals surface area contributed by atoms with Crippen molar-refractivity contribution >= 4 is 40.6 Å². The molecule has 2 aromatic carbocycles. The van der Waals surface area contributed by atoms with Crippen molar-refractivity contribution < 1.29 is 23.8 Å². The third-order valence-electron chi connectivity index (χ3n) is 6.74. The highest BCUT2D eigenvalue weighted by atomic mass is 32.2.